The molecule has 0 unspecified atom stereocenters. The number of nitrogens with zero attached hydrogens (tertiary/aromatic N) is 4. The summed E-state index contributed by atoms with van der Waals surface area (Å²) in [5.74, 6) is 0.836. The molecule has 2 N–H and O–H groups in total. The Balaban J connectivity index is 1.57. The van der Waals surface area contributed by atoms with Crippen molar-refractivity contribution in [2.75, 3.05) is 18.4 Å². The van der Waals surface area contributed by atoms with Gasteiger partial charge in [0.1, 0.15) is 12.1 Å². The SMILES string of the molecule is Brc1ccc(CNc2ncnc3c2cnn3C2CCNCC2)cc1. The molecule has 0 saturated carbocycles. The van der Waals surface area contributed by atoms with Crippen LogP contribution in [0.5, 0.6) is 0 Å². The van der Waals surface area contributed by atoms with Crippen LogP contribution in [-0.4, -0.2) is 32.8 Å². The summed E-state index contributed by atoms with van der Waals surface area (Å²) in [4.78, 5) is 8.87. The Morgan fingerprint density at radius 1 is 1.17 bits per heavy atom. The molecule has 3 aromatic rings. The third-order valence-corrected chi connectivity index (χ3v) is 4.95. The van der Waals surface area contributed by atoms with Crippen molar-refractivity contribution in [1.82, 2.24) is 25.1 Å². The first-order chi connectivity index (χ1) is 11.8. The van der Waals surface area contributed by atoms with Gasteiger partial charge in [0.05, 0.1) is 17.6 Å². The van der Waals surface area contributed by atoms with E-state index in [1.165, 1.54) is 5.56 Å². The maximum Gasteiger partial charge on any atom is 0.163 e. The van der Waals surface area contributed by atoms with Crippen LogP contribution >= 0.6 is 15.9 Å². The topological polar surface area (TPSA) is 67.7 Å². The molecule has 124 valence electrons. The van der Waals surface area contributed by atoms with E-state index < -0.39 is 0 Å². The van der Waals surface area contributed by atoms with Crippen molar-refractivity contribution in [1.29, 1.82) is 0 Å². The molecule has 7 heteroatoms. The van der Waals surface area contributed by atoms with Crippen molar-refractivity contribution in [3.8, 4) is 0 Å². The highest BCUT2D eigenvalue weighted by atomic mass is 79.9. The number of benzene rings is 1. The maximum atomic E-state index is 4.59. The number of rotatable bonds is 4. The summed E-state index contributed by atoms with van der Waals surface area (Å²) in [6.07, 6.45) is 5.66. The number of nitrogens with one attached hydrogen (secondary N) is 2. The lowest BCUT2D eigenvalue weighted by atomic mass is 10.1. The summed E-state index contributed by atoms with van der Waals surface area (Å²) >= 11 is 3.46. The fraction of sp³-hybridized carbons (Fsp3) is 0.353. The highest BCUT2D eigenvalue weighted by molar-refractivity contribution is 9.10. The van der Waals surface area contributed by atoms with Crippen molar-refractivity contribution in [3.63, 3.8) is 0 Å². The lowest BCUT2D eigenvalue weighted by molar-refractivity contribution is 0.349. The van der Waals surface area contributed by atoms with Gasteiger partial charge in [0.15, 0.2) is 5.65 Å². The number of piperidine rings is 1. The van der Waals surface area contributed by atoms with Crippen LogP contribution in [0.15, 0.2) is 41.3 Å². The minimum Gasteiger partial charge on any atom is -0.365 e. The number of anilines is 1. The maximum absolute atomic E-state index is 4.59. The predicted octanol–water partition coefficient (Wildman–Crippen LogP) is 3.13. The quantitative estimate of drug-likeness (QED) is 0.720. The molecule has 1 fully saturated rings. The van der Waals surface area contributed by atoms with Crippen LogP contribution in [0.4, 0.5) is 5.82 Å². The van der Waals surface area contributed by atoms with Gasteiger partial charge in [-0.3, -0.25) is 0 Å². The van der Waals surface area contributed by atoms with Crippen molar-refractivity contribution < 1.29 is 0 Å². The second-order valence-corrected chi connectivity index (χ2v) is 6.93. The Morgan fingerprint density at radius 2 is 1.96 bits per heavy atom. The molecule has 0 atom stereocenters. The molecule has 6 nitrogen and oxygen atoms in total. The molecule has 1 aliphatic rings. The van der Waals surface area contributed by atoms with Crippen molar-refractivity contribution in [3.05, 3.63) is 46.8 Å². The Hall–Kier alpha value is -1.99. The van der Waals surface area contributed by atoms with E-state index in [1.807, 2.05) is 18.3 Å². The zero-order valence-electron chi connectivity index (χ0n) is 13.2. The van der Waals surface area contributed by atoms with E-state index in [4.69, 9.17) is 0 Å². The van der Waals surface area contributed by atoms with E-state index in [-0.39, 0.29) is 0 Å². The molecule has 0 radical (unpaired) electrons. The molecule has 24 heavy (non-hydrogen) atoms. The van der Waals surface area contributed by atoms with Crippen molar-refractivity contribution in [2.24, 2.45) is 0 Å². The standard InChI is InChI=1S/C17H19BrN6/c18-13-3-1-12(2-4-13)9-20-16-15-10-23-24(17(15)22-11-21-16)14-5-7-19-8-6-14/h1-4,10-11,14,19H,5-9H2,(H,20,21,22). The van der Waals surface area contributed by atoms with Crippen LogP contribution in [-0.2, 0) is 6.54 Å². The molecule has 3 heterocycles. The van der Waals surface area contributed by atoms with Crippen LogP contribution < -0.4 is 10.6 Å². The van der Waals surface area contributed by atoms with Gasteiger partial charge in [0.25, 0.3) is 0 Å². The Bertz CT molecular complexity index is 823. The van der Waals surface area contributed by atoms with E-state index in [9.17, 15) is 0 Å². The van der Waals surface area contributed by atoms with Gasteiger partial charge in [0.2, 0.25) is 0 Å². The Morgan fingerprint density at radius 3 is 2.75 bits per heavy atom. The fourth-order valence-corrected chi connectivity index (χ4v) is 3.37. The first kappa shape index (κ1) is 15.5. The summed E-state index contributed by atoms with van der Waals surface area (Å²) in [6, 6.07) is 8.68. The van der Waals surface area contributed by atoms with Crippen molar-refractivity contribution in [2.45, 2.75) is 25.4 Å². The average molecular weight is 387 g/mol. The van der Waals surface area contributed by atoms with E-state index in [0.29, 0.717) is 6.04 Å². The second-order valence-electron chi connectivity index (χ2n) is 6.01. The van der Waals surface area contributed by atoms with Crippen LogP contribution in [0.1, 0.15) is 24.4 Å². The molecule has 0 bridgehead atoms. The van der Waals surface area contributed by atoms with Gasteiger partial charge in [-0.05, 0) is 43.6 Å². The number of hydrogen-bond donors (Lipinski definition) is 2. The smallest absolute Gasteiger partial charge is 0.163 e. The van der Waals surface area contributed by atoms with Gasteiger partial charge >= 0.3 is 0 Å². The van der Waals surface area contributed by atoms with Crippen LogP contribution in [0.2, 0.25) is 0 Å². The number of fused-ring (bicyclic) bond motifs is 1. The fourth-order valence-electron chi connectivity index (χ4n) is 3.11. The summed E-state index contributed by atoms with van der Waals surface area (Å²) in [7, 11) is 0. The summed E-state index contributed by atoms with van der Waals surface area (Å²) in [5, 5.41) is 12.4. The van der Waals surface area contributed by atoms with Gasteiger partial charge in [-0.15, -0.1) is 0 Å². The van der Waals surface area contributed by atoms with Crippen LogP contribution in [0.25, 0.3) is 11.0 Å². The lowest BCUT2D eigenvalue weighted by Gasteiger charge is -2.23. The summed E-state index contributed by atoms with van der Waals surface area (Å²) in [6.45, 7) is 2.79. The molecule has 4 rings (SSSR count). The molecule has 1 aromatic carbocycles. The molecule has 0 amide bonds. The van der Waals surface area contributed by atoms with Gasteiger partial charge in [-0.25, -0.2) is 14.6 Å². The highest BCUT2D eigenvalue weighted by Gasteiger charge is 2.19. The minimum atomic E-state index is 0.415. The highest BCUT2D eigenvalue weighted by Crippen LogP contribution is 2.25. The van der Waals surface area contributed by atoms with Gasteiger partial charge < -0.3 is 10.6 Å². The largest absolute Gasteiger partial charge is 0.365 e. The molecular formula is C17H19BrN6. The van der Waals surface area contributed by atoms with Crippen LogP contribution in [0, 0.1) is 0 Å². The normalized spacial score (nSPS) is 15.7. The van der Waals surface area contributed by atoms with Gasteiger partial charge in [-0.2, -0.15) is 5.10 Å². The molecule has 0 spiro atoms. The number of aromatic nitrogens is 4. The third-order valence-electron chi connectivity index (χ3n) is 4.42. The average Bonchev–Trinajstić information content (AvgIpc) is 3.07. The molecule has 2 aromatic heterocycles. The number of hydrogen-bond acceptors (Lipinski definition) is 5. The van der Waals surface area contributed by atoms with E-state index in [0.717, 1.165) is 53.8 Å². The van der Waals surface area contributed by atoms with Gasteiger partial charge in [-0.1, -0.05) is 28.1 Å². The molecule has 1 saturated heterocycles. The second kappa shape index (κ2) is 6.86. The van der Waals surface area contributed by atoms with E-state index in [1.54, 1.807) is 6.33 Å². The molecule has 0 aliphatic carbocycles. The molecular weight excluding hydrogens is 368 g/mol. The van der Waals surface area contributed by atoms with E-state index >= 15 is 0 Å². The zero-order chi connectivity index (χ0) is 16.4. The predicted molar refractivity (Wildman–Crippen MR) is 97.9 cm³/mol. The zero-order valence-corrected chi connectivity index (χ0v) is 14.8. The summed E-state index contributed by atoms with van der Waals surface area (Å²) < 4.78 is 3.14. The van der Waals surface area contributed by atoms with Gasteiger partial charge in [0, 0.05) is 11.0 Å². The van der Waals surface area contributed by atoms with Crippen molar-refractivity contribution >= 4 is 32.8 Å². The molecule has 1 aliphatic heterocycles. The first-order valence-electron chi connectivity index (χ1n) is 8.18. The number of halogens is 1. The summed E-state index contributed by atoms with van der Waals surface area (Å²) in [5.41, 5.74) is 2.12. The lowest BCUT2D eigenvalue weighted by Crippen LogP contribution is -2.29. The Kier molecular flexibility index (Phi) is 4.44. The Labute approximate surface area is 148 Å². The minimum absolute atomic E-state index is 0.415. The first-order valence-corrected chi connectivity index (χ1v) is 8.98. The monoisotopic (exact) mass is 386 g/mol. The van der Waals surface area contributed by atoms with Crippen LogP contribution in [0.3, 0.4) is 0 Å². The third kappa shape index (κ3) is 3.14. The van der Waals surface area contributed by atoms with E-state index in [2.05, 4.69) is 58.4 Å².